The molecule has 0 aromatic carbocycles. The van der Waals surface area contributed by atoms with Crippen LogP contribution in [0.15, 0.2) is 0 Å². The Morgan fingerprint density at radius 2 is 1.77 bits per heavy atom. The van der Waals surface area contributed by atoms with Crippen LogP contribution < -0.4 is 0 Å². The van der Waals surface area contributed by atoms with Gasteiger partial charge in [-0.1, -0.05) is 52.6 Å². The van der Waals surface area contributed by atoms with Gasteiger partial charge in [-0.15, -0.1) is 0 Å². The summed E-state index contributed by atoms with van der Waals surface area (Å²) >= 11 is 7.36. The smallest absolute Gasteiger partial charge is 0.0727 e. The number of hydrogen-bond donors (Lipinski definition) is 1. The van der Waals surface area contributed by atoms with Crippen LogP contribution in [0.25, 0.3) is 0 Å². The lowest BCUT2D eigenvalue weighted by atomic mass is 9.70. The number of aliphatic hydroxyl groups is 1. The molecule has 0 aromatic rings. The Kier molecular flexibility index (Phi) is 2.19. The van der Waals surface area contributed by atoms with Crippen molar-refractivity contribution in [2.45, 2.75) is 43.0 Å². The van der Waals surface area contributed by atoms with Gasteiger partial charge in [-0.3, -0.25) is 0 Å². The van der Waals surface area contributed by atoms with E-state index < -0.39 is 0 Å². The molecular formula is C10H16Br2O. The maximum atomic E-state index is 10.1. The lowest BCUT2D eigenvalue weighted by Gasteiger charge is -2.36. The van der Waals surface area contributed by atoms with Gasteiger partial charge in [-0.25, -0.2) is 0 Å². The third kappa shape index (κ3) is 1.02. The molecule has 2 aliphatic rings. The summed E-state index contributed by atoms with van der Waals surface area (Å²) in [6, 6.07) is 0. The van der Waals surface area contributed by atoms with Crippen molar-refractivity contribution in [3.8, 4) is 0 Å². The highest BCUT2D eigenvalue weighted by Crippen LogP contribution is 2.68. The summed E-state index contributed by atoms with van der Waals surface area (Å²) < 4.78 is 0. The largest absolute Gasteiger partial charge is 0.391 e. The molecule has 5 unspecified atom stereocenters. The Balaban J connectivity index is 2.46. The quantitative estimate of drug-likeness (QED) is 0.682. The molecule has 2 bridgehead atoms. The predicted octanol–water partition coefficient (Wildman–Crippen LogP) is 2.94. The van der Waals surface area contributed by atoms with Crippen molar-refractivity contribution in [2.75, 3.05) is 0 Å². The number of aliphatic hydroxyl groups excluding tert-OH is 1. The van der Waals surface area contributed by atoms with Crippen LogP contribution in [0.1, 0.15) is 27.2 Å². The van der Waals surface area contributed by atoms with Crippen molar-refractivity contribution in [1.82, 2.24) is 0 Å². The van der Waals surface area contributed by atoms with Crippen LogP contribution in [0.3, 0.4) is 0 Å². The van der Waals surface area contributed by atoms with Gasteiger partial charge >= 0.3 is 0 Å². The van der Waals surface area contributed by atoms with Crippen LogP contribution in [0.2, 0.25) is 0 Å². The minimum absolute atomic E-state index is 0.0694. The number of hydrogen-bond acceptors (Lipinski definition) is 1. The van der Waals surface area contributed by atoms with E-state index >= 15 is 0 Å². The van der Waals surface area contributed by atoms with Crippen LogP contribution in [0, 0.1) is 16.7 Å². The van der Waals surface area contributed by atoms with E-state index in [2.05, 4.69) is 52.6 Å². The first kappa shape index (κ1) is 10.4. The maximum absolute atomic E-state index is 10.1. The highest BCUT2D eigenvalue weighted by molar-refractivity contribution is 9.10. The van der Waals surface area contributed by atoms with Crippen LogP contribution in [-0.2, 0) is 0 Å². The molecule has 0 aliphatic heterocycles. The fourth-order valence-corrected chi connectivity index (χ4v) is 6.96. The van der Waals surface area contributed by atoms with Gasteiger partial charge in [-0.2, -0.15) is 0 Å². The normalized spacial score (nSPS) is 58.6. The fourth-order valence-electron chi connectivity index (χ4n) is 3.28. The molecular weight excluding hydrogens is 296 g/mol. The molecule has 5 atom stereocenters. The molecule has 2 aliphatic carbocycles. The van der Waals surface area contributed by atoms with E-state index in [4.69, 9.17) is 0 Å². The monoisotopic (exact) mass is 310 g/mol. The summed E-state index contributed by atoms with van der Waals surface area (Å²) in [5.41, 5.74) is 0.300. The van der Waals surface area contributed by atoms with Crippen molar-refractivity contribution < 1.29 is 5.11 Å². The van der Waals surface area contributed by atoms with Crippen molar-refractivity contribution in [1.29, 1.82) is 0 Å². The van der Waals surface area contributed by atoms with E-state index in [-0.39, 0.29) is 21.8 Å². The number of halogens is 2. The van der Waals surface area contributed by atoms with Crippen LogP contribution >= 0.6 is 31.9 Å². The Labute approximate surface area is 96.5 Å². The van der Waals surface area contributed by atoms with Gasteiger partial charge in [-0.05, 0) is 17.8 Å². The Morgan fingerprint density at radius 1 is 1.23 bits per heavy atom. The zero-order valence-corrected chi connectivity index (χ0v) is 11.4. The third-order valence-electron chi connectivity index (χ3n) is 4.61. The number of fused-ring (bicyclic) bond motifs is 2. The molecule has 3 heteroatoms. The van der Waals surface area contributed by atoms with E-state index in [0.717, 1.165) is 6.42 Å². The topological polar surface area (TPSA) is 20.2 Å². The minimum Gasteiger partial charge on any atom is -0.391 e. The molecule has 0 amide bonds. The van der Waals surface area contributed by atoms with Gasteiger partial charge in [0.25, 0.3) is 0 Å². The Morgan fingerprint density at radius 3 is 2.08 bits per heavy atom. The minimum atomic E-state index is -0.193. The van der Waals surface area contributed by atoms with Gasteiger partial charge in [0.2, 0.25) is 0 Å². The van der Waals surface area contributed by atoms with Crippen LogP contribution in [0.4, 0.5) is 0 Å². The fraction of sp³-hybridized carbons (Fsp3) is 1.00. The first-order valence-corrected chi connectivity index (χ1v) is 6.62. The Hall–Kier alpha value is 0.920. The zero-order chi connectivity index (χ0) is 10.0. The second-order valence-electron chi connectivity index (χ2n) is 5.27. The SMILES string of the molecule is CC1(C)C2C(Br)CC1(C)C(O)C2Br. The summed E-state index contributed by atoms with van der Waals surface area (Å²) in [4.78, 5) is 0.811. The van der Waals surface area contributed by atoms with E-state index in [1.54, 1.807) is 0 Å². The molecule has 13 heavy (non-hydrogen) atoms. The summed E-state index contributed by atoms with van der Waals surface area (Å²) in [6.45, 7) is 6.78. The highest BCUT2D eigenvalue weighted by Gasteiger charge is 2.68. The standard InChI is InChI=1S/C10H16Br2O/c1-9(2)6-5(11)4-10(9,3)8(13)7(6)12/h5-8,13H,4H2,1-3H3. The average Bonchev–Trinajstić information content (AvgIpc) is 2.22. The molecule has 2 saturated carbocycles. The first-order valence-electron chi connectivity index (χ1n) is 4.78. The Bertz CT molecular complexity index is 241. The second-order valence-corrected chi connectivity index (χ2v) is 7.51. The third-order valence-corrected chi connectivity index (χ3v) is 6.58. The molecule has 1 N–H and O–H groups in total. The lowest BCUT2D eigenvalue weighted by Crippen LogP contribution is -2.39. The van der Waals surface area contributed by atoms with Crippen molar-refractivity contribution in [3.05, 3.63) is 0 Å². The predicted molar refractivity (Wildman–Crippen MR) is 61.4 cm³/mol. The molecule has 1 nitrogen and oxygen atoms in total. The summed E-state index contributed by atoms with van der Waals surface area (Å²) in [7, 11) is 0. The summed E-state index contributed by atoms with van der Waals surface area (Å²) in [5.74, 6) is 0.549. The molecule has 0 heterocycles. The van der Waals surface area contributed by atoms with E-state index in [1.807, 2.05) is 0 Å². The molecule has 0 spiro atoms. The van der Waals surface area contributed by atoms with E-state index in [0.29, 0.717) is 10.7 Å². The van der Waals surface area contributed by atoms with Gasteiger partial charge < -0.3 is 5.11 Å². The molecule has 0 aromatic heterocycles. The molecule has 76 valence electrons. The van der Waals surface area contributed by atoms with Gasteiger partial charge in [0.1, 0.15) is 0 Å². The van der Waals surface area contributed by atoms with Gasteiger partial charge in [0.05, 0.1) is 6.10 Å². The van der Waals surface area contributed by atoms with E-state index in [1.165, 1.54) is 0 Å². The second kappa shape index (κ2) is 2.73. The van der Waals surface area contributed by atoms with Gasteiger partial charge in [0.15, 0.2) is 0 Å². The molecule has 0 radical (unpaired) electrons. The number of rotatable bonds is 0. The average molecular weight is 312 g/mol. The maximum Gasteiger partial charge on any atom is 0.0727 e. The van der Waals surface area contributed by atoms with Crippen LogP contribution in [-0.4, -0.2) is 20.9 Å². The summed E-state index contributed by atoms with van der Waals surface area (Å²) in [5, 5.41) is 10.1. The summed E-state index contributed by atoms with van der Waals surface area (Å²) in [6.07, 6.45) is 0.898. The zero-order valence-electron chi connectivity index (χ0n) is 8.22. The van der Waals surface area contributed by atoms with Crippen LogP contribution in [0.5, 0.6) is 0 Å². The van der Waals surface area contributed by atoms with Gasteiger partial charge in [0, 0.05) is 15.1 Å². The van der Waals surface area contributed by atoms with Crippen molar-refractivity contribution >= 4 is 31.9 Å². The lowest BCUT2D eigenvalue weighted by molar-refractivity contribution is 0.0160. The highest BCUT2D eigenvalue weighted by atomic mass is 79.9. The van der Waals surface area contributed by atoms with Crippen molar-refractivity contribution in [2.24, 2.45) is 16.7 Å². The molecule has 2 fully saturated rings. The van der Waals surface area contributed by atoms with E-state index in [9.17, 15) is 5.11 Å². The molecule has 0 saturated heterocycles. The van der Waals surface area contributed by atoms with Crippen molar-refractivity contribution in [3.63, 3.8) is 0 Å². The first-order chi connectivity index (χ1) is 5.82. The number of alkyl halides is 2. The molecule has 2 rings (SSSR count).